The maximum absolute atomic E-state index is 12.0. The van der Waals surface area contributed by atoms with Gasteiger partial charge in [-0.25, -0.2) is 4.79 Å². The SMILES string of the molecule is CCc1ccc(NC(=O)C(C)OC(=O)c2ccc([N+](=O)[O-])o2)cc1. The van der Waals surface area contributed by atoms with Crippen molar-refractivity contribution in [2.24, 2.45) is 0 Å². The molecule has 0 aliphatic rings. The summed E-state index contributed by atoms with van der Waals surface area (Å²) in [6, 6.07) is 9.43. The van der Waals surface area contributed by atoms with Crippen molar-refractivity contribution >= 4 is 23.4 Å². The number of furan rings is 1. The summed E-state index contributed by atoms with van der Waals surface area (Å²) >= 11 is 0. The molecule has 1 unspecified atom stereocenters. The number of esters is 1. The smallest absolute Gasteiger partial charge is 0.433 e. The van der Waals surface area contributed by atoms with E-state index in [4.69, 9.17) is 9.15 Å². The highest BCUT2D eigenvalue weighted by Gasteiger charge is 2.23. The molecule has 8 heteroatoms. The fourth-order valence-corrected chi connectivity index (χ4v) is 1.88. The molecule has 1 aromatic carbocycles. The third-order valence-corrected chi connectivity index (χ3v) is 3.26. The number of nitrogens with one attached hydrogen (secondary N) is 1. The summed E-state index contributed by atoms with van der Waals surface area (Å²) in [5.41, 5.74) is 1.71. The van der Waals surface area contributed by atoms with Gasteiger partial charge < -0.3 is 14.5 Å². The van der Waals surface area contributed by atoms with E-state index in [-0.39, 0.29) is 5.76 Å². The van der Waals surface area contributed by atoms with E-state index in [0.717, 1.165) is 24.1 Å². The number of anilines is 1. The quantitative estimate of drug-likeness (QED) is 0.494. The zero-order chi connectivity index (χ0) is 17.7. The number of hydrogen-bond donors (Lipinski definition) is 1. The van der Waals surface area contributed by atoms with Crippen LogP contribution in [0.2, 0.25) is 0 Å². The Labute approximate surface area is 137 Å². The lowest BCUT2D eigenvalue weighted by Gasteiger charge is -2.12. The summed E-state index contributed by atoms with van der Waals surface area (Å²) in [6.45, 7) is 3.42. The van der Waals surface area contributed by atoms with E-state index in [1.54, 1.807) is 12.1 Å². The van der Waals surface area contributed by atoms with Gasteiger partial charge >= 0.3 is 11.9 Å². The number of hydrogen-bond acceptors (Lipinski definition) is 6. The fraction of sp³-hybridized carbons (Fsp3) is 0.250. The van der Waals surface area contributed by atoms with Gasteiger partial charge in [-0.3, -0.25) is 14.9 Å². The summed E-state index contributed by atoms with van der Waals surface area (Å²) in [4.78, 5) is 33.6. The lowest BCUT2D eigenvalue weighted by Crippen LogP contribution is -2.29. The normalized spacial score (nSPS) is 11.6. The number of nitrogens with zero attached hydrogens (tertiary/aromatic N) is 1. The topological polar surface area (TPSA) is 112 Å². The van der Waals surface area contributed by atoms with Crippen molar-refractivity contribution in [3.63, 3.8) is 0 Å². The molecule has 0 fully saturated rings. The van der Waals surface area contributed by atoms with E-state index in [2.05, 4.69) is 5.32 Å². The first-order chi connectivity index (χ1) is 11.4. The van der Waals surface area contributed by atoms with Crippen LogP contribution in [-0.2, 0) is 16.0 Å². The molecule has 8 nitrogen and oxygen atoms in total. The minimum Gasteiger partial charge on any atom is -0.447 e. The maximum atomic E-state index is 12.0. The van der Waals surface area contributed by atoms with Crippen LogP contribution in [0.25, 0.3) is 0 Å². The van der Waals surface area contributed by atoms with Crippen LogP contribution in [0.4, 0.5) is 11.6 Å². The highest BCUT2D eigenvalue weighted by molar-refractivity contribution is 5.96. The number of aryl methyl sites for hydroxylation is 1. The predicted octanol–water partition coefficient (Wildman–Crippen LogP) is 2.93. The number of benzene rings is 1. The lowest BCUT2D eigenvalue weighted by molar-refractivity contribution is -0.402. The molecule has 0 bridgehead atoms. The predicted molar refractivity (Wildman–Crippen MR) is 84.7 cm³/mol. The monoisotopic (exact) mass is 332 g/mol. The number of carbonyl (C=O) groups is 2. The van der Waals surface area contributed by atoms with Gasteiger partial charge in [0.25, 0.3) is 5.91 Å². The Kier molecular flexibility index (Phi) is 5.31. The summed E-state index contributed by atoms with van der Waals surface area (Å²) in [5, 5.41) is 13.1. The molecule has 0 saturated carbocycles. The molecule has 2 rings (SSSR count). The van der Waals surface area contributed by atoms with Gasteiger partial charge in [0.05, 0.1) is 6.07 Å². The molecule has 0 aliphatic heterocycles. The van der Waals surface area contributed by atoms with Crippen LogP contribution in [0.5, 0.6) is 0 Å². The van der Waals surface area contributed by atoms with Crippen molar-refractivity contribution in [2.75, 3.05) is 5.32 Å². The number of nitro groups is 1. The first-order valence-corrected chi connectivity index (χ1v) is 7.25. The van der Waals surface area contributed by atoms with Crippen LogP contribution in [0.15, 0.2) is 40.8 Å². The Morgan fingerprint density at radius 1 is 1.25 bits per heavy atom. The molecule has 1 N–H and O–H groups in total. The van der Waals surface area contributed by atoms with Crippen molar-refractivity contribution in [2.45, 2.75) is 26.4 Å². The molecule has 24 heavy (non-hydrogen) atoms. The van der Waals surface area contributed by atoms with E-state index in [1.165, 1.54) is 6.92 Å². The van der Waals surface area contributed by atoms with Crippen molar-refractivity contribution in [1.29, 1.82) is 0 Å². The van der Waals surface area contributed by atoms with Gasteiger partial charge in [0.2, 0.25) is 5.76 Å². The zero-order valence-electron chi connectivity index (χ0n) is 13.1. The summed E-state index contributed by atoms with van der Waals surface area (Å²) < 4.78 is 9.67. The maximum Gasteiger partial charge on any atom is 0.433 e. The van der Waals surface area contributed by atoms with Gasteiger partial charge in [0, 0.05) is 5.69 Å². The number of rotatable bonds is 6. The first-order valence-electron chi connectivity index (χ1n) is 7.25. The number of amides is 1. The van der Waals surface area contributed by atoms with Gasteiger partial charge in [0.1, 0.15) is 4.92 Å². The van der Waals surface area contributed by atoms with E-state index in [0.29, 0.717) is 5.69 Å². The molecule has 1 atom stereocenters. The Bertz CT molecular complexity index is 750. The van der Waals surface area contributed by atoms with Gasteiger partial charge in [-0.15, -0.1) is 0 Å². The fourth-order valence-electron chi connectivity index (χ4n) is 1.88. The zero-order valence-corrected chi connectivity index (χ0v) is 13.1. The Morgan fingerprint density at radius 3 is 2.46 bits per heavy atom. The molecule has 0 aliphatic carbocycles. The van der Waals surface area contributed by atoms with Crippen LogP contribution in [0.3, 0.4) is 0 Å². The minimum absolute atomic E-state index is 0.339. The number of ether oxygens (including phenoxy) is 1. The molecule has 0 spiro atoms. The highest BCUT2D eigenvalue weighted by Crippen LogP contribution is 2.17. The molecule has 1 amide bonds. The second-order valence-electron chi connectivity index (χ2n) is 4.98. The van der Waals surface area contributed by atoms with Crippen LogP contribution in [0, 0.1) is 10.1 Å². The standard InChI is InChI=1S/C16H16N2O6/c1-3-11-4-6-12(7-5-11)17-15(19)10(2)23-16(20)13-8-9-14(24-13)18(21)22/h4-10H,3H2,1-2H3,(H,17,19). The molecule has 0 radical (unpaired) electrons. The van der Waals surface area contributed by atoms with E-state index in [9.17, 15) is 19.7 Å². The average Bonchev–Trinajstić information content (AvgIpc) is 3.06. The summed E-state index contributed by atoms with van der Waals surface area (Å²) in [7, 11) is 0. The van der Waals surface area contributed by atoms with Crippen LogP contribution < -0.4 is 5.32 Å². The van der Waals surface area contributed by atoms with Crippen LogP contribution >= 0.6 is 0 Å². The number of carbonyl (C=O) groups excluding carboxylic acids is 2. The van der Waals surface area contributed by atoms with E-state index < -0.39 is 28.8 Å². The molecule has 1 aromatic heterocycles. The van der Waals surface area contributed by atoms with Crippen molar-refractivity contribution in [3.8, 4) is 0 Å². The first kappa shape index (κ1) is 17.2. The molecule has 1 heterocycles. The molecular weight excluding hydrogens is 316 g/mol. The van der Waals surface area contributed by atoms with Gasteiger partial charge in [0.15, 0.2) is 6.10 Å². The second-order valence-corrected chi connectivity index (χ2v) is 4.98. The third-order valence-electron chi connectivity index (χ3n) is 3.26. The largest absolute Gasteiger partial charge is 0.447 e. The summed E-state index contributed by atoms with van der Waals surface area (Å²) in [6.07, 6.45) is -0.204. The Balaban J connectivity index is 1.94. The van der Waals surface area contributed by atoms with E-state index >= 15 is 0 Å². The molecule has 126 valence electrons. The molecule has 0 saturated heterocycles. The van der Waals surface area contributed by atoms with Crippen molar-refractivity contribution < 1.29 is 23.7 Å². The lowest BCUT2D eigenvalue weighted by atomic mass is 10.1. The molecular formula is C16H16N2O6. The van der Waals surface area contributed by atoms with Gasteiger partial charge in [-0.2, -0.15) is 0 Å². The average molecular weight is 332 g/mol. The van der Waals surface area contributed by atoms with E-state index in [1.807, 2.05) is 19.1 Å². The van der Waals surface area contributed by atoms with Crippen molar-refractivity contribution in [3.05, 3.63) is 57.8 Å². The van der Waals surface area contributed by atoms with Crippen LogP contribution in [-0.4, -0.2) is 22.9 Å². The Morgan fingerprint density at radius 2 is 1.92 bits per heavy atom. The van der Waals surface area contributed by atoms with Crippen molar-refractivity contribution in [1.82, 2.24) is 0 Å². The molecule has 2 aromatic rings. The van der Waals surface area contributed by atoms with Gasteiger partial charge in [-0.05, 0) is 37.1 Å². The highest BCUT2D eigenvalue weighted by atomic mass is 16.7. The minimum atomic E-state index is -1.09. The van der Waals surface area contributed by atoms with Gasteiger partial charge in [-0.1, -0.05) is 19.1 Å². The Hall–Kier alpha value is -3.16. The van der Waals surface area contributed by atoms with Crippen LogP contribution in [0.1, 0.15) is 30.0 Å². The summed E-state index contributed by atoms with van der Waals surface area (Å²) in [5.74, 6) is -2.38. The third kappa shape index (κ3) is 4.19. The second kappa shape index (κ2) is 7.40.